The molecule has 10 heavy (non-hydrogen) atoms. The second-order valence-electron chi connectivity index (χ2n) is 2.89. The molecule has 1 fully saturated rings. The van der Waals surface area contributed by atoms with E-state index in [1.165, 1.54) is 0 Å². The van der Waals surface area contributed by atoms with E-state index < -0.39 is 0 Å². The molecule has 0 N–H and O–H groups in total. The topological polar surface area (TPSA) is 35.5 Å². The summed E-state index contributed by atoms with van der Waals surface area (Å²) in [6, 6.07) is 0. The van der Waals surface area contributed by atoms with Crippen molar-refractivity contribution < 1.29 is 4.74 Å². The Morgan fingerprint density at radius 2 is 2.50 bits per heavy atom. The van der Waals surface area contributed by atoms with Crippen molar-refractivity contribution >= 4 is 0 Å². The van der Waals surface area contributed by atoms with Gasteiger partial charge in [0, 0.05) is 6.61 Å². The van der Waals surface area contributed by atoms with Crippen molar-refractivity contribution in [3.8, 4) is 0 Å². The third kappa shape index (κ3) is 2.64. The van der Waals surface area contributed by atoms with Crippen LogP contribution in [-0.2, 0) is 4.74 Å². The van der Waals surface area contributed by atoms with E-state index in [0.717, 1.165) is 31.1 Å². The molecule has 1 aliphatic heterocycles. The molecule has 3 nitrogen and oxygen atoms in total. The molecular weight excluding hydrogens is 130 g/mol. The van der Waals surface area contributed by atoms with Crippen LogP contribution in [0.4, 0.5) is 0 Å². The van der Waals surface area contributed by atoms with Gasteiger partial charge in [-0.15, -0.1) is 0 Å². The number of rotatable bonds is 2. The van der Waals surface area contributed by atoms with Crippen LogP contribution >= 0.6 is 0 Å². The first-order chi connectivity index (χ1) is 4.79. The monoisotopic (exact) mass is 144 g/mol. The van der Waals surface area contributed by atoms with E-state index in [4.69, 9.17) is 4.74 Å². The predicted octanol–water partition coefficient (Wildman–Crippen LogP) is 0.843. The van der Waals surface area contributed by atoms with Gasteiger partial charge in [0.05, 0.1) is 6.61 Å². The molecule has 1 rings (SSSR count). The minimum Gasteiger partial charge on any atom is -0.785 e. The van der Waals surface area contributed by atoms with Gasteiger partial charge >= 0.3 is 0 Å². The molecule has 0 aromatic carbocycles. The molecule has 3 heteroatoms. The van der Waals surface area contributed by atoms with Gasteiger partial charge in [-0.1, -0.05) is 0 Å². The highest BCUT2D eigenvalue weighted by Crippen LogP contribution is 2.13. The van der Waals surface area contributed by atoms with Crippen LogP contribution in [0.5, 0.6) is 0 Å². The second-order valence-corrected chi connectivity index (χ2v) is 2.89. The molecule has 0 aromatic heterocycles. The number of hydrogen-bond donors (Lipinski definition) is 0. The highest BCUT2D eigenvalue weighted by molar-refractivity contribution is 4.66. The Morgan fingerprint density at radius 3 is 3.00 bits per heavy atom. The van der Waals surface area contributed by atoms with E-state index in [0.29, 0.717) is 12.5 Å². The standard InChI is InChI=1S/C7H14NO2/c1-8(9)5-7-3-2-4-10-6-7/h7H,2-6H2,1H3/q-1. The first-order valence-corrected chi connectivity index (χ1v) is 3.75. The summed E-state index contributed by atoms with van der Waals surface area (Å²) in [4.78, 5) is 0. The van der Waals surface area contributed by atoms with Crippen LogP contribution in [0.2, 0.25) is 0 Å². The van der Waals surface area contributed by atoms with Gasteiger partial charge in [-0.25, -0.2) is 0 Å². The van der Waals surface area contributed by atoms with Crippen LogP contribution in [0.25, 0.3) is 0 Å². The van der Waals surface area contributed by atoms with Gasteiger partial charge in [0.15, 0.2) is 0 Å². The normalized spacial score (nSPS) is 27.3. The lowest BCUT2D eigenvalue weighted by Crippen LogP contribution is -2.27. The molecule has 0 aromatic rings. The molecule has 0 bridgehead atoms. The molecule has 1 heterocycles. The van der Waals surface area contributed by atoms with E-state index in [2.05, 4.69) is 0 Å². The molecule has 60 valence electrons. The van der Waals surface area contributed by atoms with Crippen molar-refractivity contribution in [2.75, 3.05) is 26.8 Å². The summed E-state index contributed by atoms with van der Waals surface area (Å²) in [6.45, 7) is 2.27. The van der Waals surface area contributed by atoms with Crippen molar-refractivity contribution in [3.05, 3.63) is 5.21 Å². The van der Waals surface area contributed by atoms with Gasteiger partial charge in [-0.2, -0.15) is 0 Å². The summed E-state index contributed by atoms with van der Waals surface area (Å²) in [5.74, 6) is 0.469. The number of ether oxygens (including phenoxy) is 1. The molecule has 1 aliphatic rings. The van der Waals surface area contributed by atoms with E-state index in [1.54, 1.807) is 7.05 Å². The minimum atomic E-state index is 0.469. The zero-order chi connectivity index (χ0) is 7.40. The number of hydroxylamine groups is 2. The van der Waals surface area contributed by atoms with Crippen LogP contribution in [0.3, 0.4) is 0 Å². The average molecular weight is 144 g/mol. The third-order valence-electron chi connectivity index (χ3n) is 1.77. The van der Waals surface area contributed by atoms with Crippen LogP contribution in [0.15, 0.2) is 0 Å². The smallest absolute Gasteiger partial charge is 0.0506 e. The predicted molar refractivity (Wildman–Crippen MR) is 39.5 cm³/mol. The lowest BCUT2D eigenvalue weighted by atomic mass is 10.0. The van der Waals surface area contributed by atoms with E-state index >= 15 is 0 Å². The zero-order valence-electron chi connectivity index (χ0n) is 6.38. The zero-order valence-corrected chi connectivity index (χ0v) is 6.38. The fourth-order valence-corrected chi connectivity index (χ4v) is 1.32. The number of hydrogen-bond acceptors (Lipinski definition) is 3. The Balaban J connectivity index is 2.13. The van der Waals surface area contributed by atoms with E-state index in [1.807, 2.05) is 0 Å². The maximum absolute atomic E-state index is 10.6. The Hall–Kier alpha value is -0.120. The van der Waals surface area contributed by atoms with Gasteiger partial charge in [-0.3, -0.25) is 0 Å². The third-order valence-corrected chi connectivity index (χ3v) is 1.77. The summed E-state index contributed by atoms with van der Waals surface area (Å²) in [5.41, 5.74) is 0. The fraction of sp³-hybridized carbons (Fsp3) is 1.00. The Kier molecular flexibility index (Phi) is 3.12. The van der Waals surface area contributed by atoms with Crippen LogP contribution in [0.1, 0.15) is 12.8 Å². The molecule has 1 atom stereocenters. The minimum absolute atomic E-state index is 0.469. The highest BCUT2D eigenvalue weighted by Gasteiger charge is 2.12. The highest BCUT2D eigenvalue weighted by atomic mass is 16.5. The molecular formula is C7H14NO2-. The van der Waals surface area contributed by atoms with Crippen LogP contribution < -0.4 is 0 Å². The van der Waals surface area contributed by atoms with E-state index in [-0.39, 0.29) is 0 Å². The summed E-state index contributed by atoms with van der Waals surface area (Å²) in [7, 11) is 1.56. The fourth-order valence-electron chi connectivity index (χ4n) is 1.32. The van der Waals surface area contributed by atoms with Crippen LogP contribution in [0, 0.1) is 11.1 Å². The summed E-state index contributed by atoms with van der Waals surface area (Å²) in [5, 5.41) is 11.6. The molecule has 0 aliphatic carbocycles. The summed E-state index contributed by atoms with van der Waals surface area (Å²) >= 11 is 0. The van der Waals surface area contributed by atoms with Gasteiger partial charge in [-0.05, 0) is 32.4 Å². The lowest BCUT2D eigenvalue weighted by Gasteiger charge is -2.30. The summed E-state index contributed by atoms with van der Waals surface area (Å²) < 4.78 is 5.22. The Bertz CT molecular complexity index is 89.6. The van der Waals surface area contributed by atoms with Crippen molar-refractivity contribution in [1.29, 1.82) is 0 Å². The van der Waals surface area contributed by atoms with Gasteiger partial charge in [0.2, 0.25) is 0 Å². The first kappa shape index (κ1) is 7.98. The van der Waals surface area contributed by atoms with Gasteiger partial charge in [0.25, 0.3) is 0 Å². The van der Waals surface area contributed by atoms with E-state index in [9.17, 15) is 5.21 Å². The Morgan fingerprint density at radius 1 is 1.70 bits per heavy atom. The molecule has 1 saturated heterocycles. The molecule has 0 radical (unpaired) electrons. The molecule has 0 amide bonds. The molecule has 0 saturated carbocycles. The van der Waals surface area contributed by atoms with Gasteiger partial charge in [0.1, 0.15) is 0 Å². The maximum atomic E-state index is 10.6. The van der Waals surface area contributed by atoms with Crippen molar-refractivity contribution in [1.82, 2.24) is 5.06 Å². The lowest BCUT2D eigenvalue weighted by molar-refractivity contribution is 0.0468. The van der Waals surface area contributed by atoms with Crippen molar-refractivity contribution in [2.45, 2.75) is 12.8 Å². The van der Waals surface area contributed by atoms with Gasteiger partial charge < -0.3 is 15.0 Å². The first-order valence-electron chi connectivity index (χ1n) is 3.75. The number of nitrogens with zero attached hydrogens (tertiary/aromatic N) is 1. The molecule has 1 unspecified atom stereocenters. The average Bonchev–Trinajstić information content (AvgIpc) is 1.88. The second kappa shape index (κ2) is 3.91. The maximum Gasteiger partial charge on any atom is 0.0506 e. The summed E-state index contributed by atoms with van der Waals surface area (Å²) in [6.07, 6.45) is 2.26. The largest absolute Gasteiger partial charge is 0.785 e. The van der Waals surface area contributed by atoms with Crippen molar-refractivity contribution in [2.24, 2.45) is 5.92 Å². The molecule has 0 spiro atoms. The van der Waals surface area contributed by atoms with Crippen LogP contribution in [-0.4, -0.2) is 31.9 Å². The Labute approximate surface area is 61.5 Å². The SMILES string of the molecule is CN([O-])CC1CCCOC1. The van der Waals surface area contributed by atoms with Crippen molar-refractivity contribution in [3.63, 3.8) is 0 Å². The quantitative estimate of drug-likeness (QED) is 0.539.